The number of likely N-dealkylation sites (N-methyl/N-ethyl adjacent to an activating group) is 1. The topological polar surface area (TPSA) is 96.0 Å². The fourth-order valence-electron chi connectivity index (χ4n) is 3.76. The van der Waals surface area contributed by atoms with Gasteiger partial charge in [0.25, 0.3) is 10.0 Å². The molecule has 0 unspecified atom stereocenters. The van der Waals surface area contributed by atoms with Crippen molar-refractivity contribution in [3.8, 4) is 5.75 Å². The number of hydrogen-bond donors (Lipinski definition) is 1. The average molecular weight is 589 g/mol. The van der Waals surface area contributed by atoms with Crippen molar-refractivity contribution in [3.63, 3.8) is 0 Å². The van der Waals surface area contributed by atoms with Crippen LogP contribution in [0.5, 0.6) is 5.75 Å². The first-order valence-electron chi connectivity index (χ1n) is 11.6. The number of carbonyl (C=O) groups is 2. The second-order valence-electron chi connectivity index (χ2n) is 8.47. The molecule has 196 valence electrons. The molecule has 1 atom stereocenters. The van der Waals surface area contributed by atoms with Gasteiger partial charge in [0.05, 0.1) is 17.7 Å². The first-order chi connectivity index (χ1) is 17.6. The third-order valence-corrected chi connectivity index (χ3v) is 8.17. The molecule has 1 N–H and O–H groups in total. The third kappa shape index (κ3) is 6.90. The van der Waals surface area contributed by atoms with Gasteiger partial charge < -0.3 is 15.0 Å². The number of halogens is 1. The molecular weight excluding hydrogens is 558 g/mol. The predicted octanol–water partition coefficient (Wildman–Crippen LogP) is 4.12. The number of hydrogen-bond acceptors (Lipinski definition) is 5. The second kappa shape index (κ2) is 12.2. The van der Waals surface area contributed by atoms with Crippen molar-refractivity contribution in [3.05, 3.63) is 88.4 Å². The van der Waals surface area contributed by atoms with Crippen LogP contribution in [0.2, 0.25) is 0 Å². The minimum absolute atomic E-state index is 0.0478. The number of sulfonamides is 1. The molecule has 0 spiro atoms. The van der Waals surface area contributed by atoms with E-state index in [1.54, 1.807) is 43.3 Å². The molecule has 0 aromatic heterocycles. The zero-order valence-corrected chi connectivity index (χ0v) is 23.5. The Kier molecular flexibility index (Phi) is 9.34. The van der Waals surface area contributed by atoms with E-state index < -0.39 is 28.5 Å². The zero-order chi connectivity index (χ0) is 27.2. The number of methoxy groups -OCH3 is 1. The van der Waals surface area contributed by atoms with Crippen LogP contribution < -0.4 is 14.4 Å². The summed E-state index contributed by atoms with van der Waals surface area (Å²) in [7, 11) is -1.16. The van der Waals surface area contributed by atoms with E-state index >= 15 is 0 Å². The SMILES string of the molecule is CNC(=O)[C@@H](C)N(Cc1cccc(Br)c1)C(=O)CN(c1cccc(OC)c1)S(=O)(=O)c1ccc(C)cc1. The van der Waals surface area contributed by atoms with Crippen molar-refractivity contribution < 1.29 is 22.7 Å². The van der Waals surface area contributed by atoms with Crippen molar-refractivity contribution >= 4 is 43.5 Å². The van der Waals surface area contributed by atoms with E-state index in [0.717, 1.165) is 19.9 Å². The lowest BCUT2D eigenvalue weighted by Gasteiger charge is -2.32. The van der Waals surface area contributed by atoms with Crippen LogP contribution in [-0.4, -0.2) is 51.9 Å². The lowest BCUT2D eigenvalue weighted by atomic mass is 10.1. The Labute approximate surface area is 226 Å². The van der Waals surface area contributed by atoms with Crippen molar-refractivity contribution in [2.24, 2.45) is 0 Å². The van der Waals surface area contributed by atoms with E-state index in [1.807, 2.05) is 31.2 Å². The Hall–Kier alpha value is -3.37. The van der Waals surface area contributed by atoms with Crippen LogP contribution in [-0.2, 0) is 26.2 Å². The summed E-state index contributed by atoms with van der Waals surface area (Å²) >= 11 is 3.43. The van der Waals surface area contributed by atoms with Crippen molar-refractivity contribution in [2.75, 3.05) is 25.0 Å². The van der Waals surface area contributed by atoms with Gasteiger partial charge in [-0.15, -0.1) is 0 Å². The van der Waals surface area contributed by atoms with Crippen LogP contribution in [0.3, 0.4) is 0 Å². The number of amides is 2. The molecule has 3 aromatic carbocycles. The number of rotatable bonds is 10. The van der Waals surface area contributed by atoms with E-state index in [2.05, 4.69) is 21.2 Å². The summed E-state index contributed by atoms with van der Waals surface area (Å²) in [6, 6.07) is 19.4. The highest BCUT2D eigenvalue weighted by Gasteiger charge is 2.32. The molecule has 0 aliphatic carbocycles. The van der Waals surface area contributed by atoms with Gasteiger partial charge in [-0.1, -0.05) is 51.8 Å². The maximum absolute atomic E-state index is 13.8. The summed E-state index contributed by atoms with van der Waals surface area (Å²) in [5, 5.41) is 2.57. The Morgan fingerprint density at radius 2 is 1.70 bits per heavy atom. The molecule has 0 saturated heterocycles. The summed E-state index contributed by atoms with van der Waals surface area (Å²) in [6.07, 6.45) is 0. The standard InChI is InChI=1S/C27H30BrN3O5S/c1-19-11-13-25(14-12-19)37(34,35)31(23-9-6-10-24(16-23)36-4)18-26(32)30(20(2)27(33)29-3)17-21-7-5-8-22(28)15-21/h5-16,20H,17-18H2,1-4H3,(H,29,33)/t20-/m1/s1. The molecule has 0 heterocycles. The van der Waals surface area contributed by atoms with Crippen molar-refractivity contribution in [2.45, 2.75) is 31.3 Å². The predicted molar refractivity (Wildman–Crippen MR) is 147 cm³/mol. The molecule has 37 heavy (non-hydrogen) atoms. The summed E-state index contributed by atoms with van der Waals surface area (Å²) < 4.78 is 34.8. The maximum atomic E-state index is 13.8. The molecule has 2 amide bonds. The van der Waals surface area contributed by atoms with E-state index in [9.17, 15) is 18.0 Å². The highest BCUT2D eigenvalue weighted by Crippen LogP contribution is 2.28. The lowest BCUT2D eigenvalue weighted by molar-refractivity contribution is -0.139. The quantitative estimate of drug-likeness (QED) is 0.385. The van der Waals surface area contributed by atoms with Gasteiger partial charge in [0.1, 0.15) is 18.3 Å². The zero-order valence-electron chi connectivity index (χ0n) is 21.1. The van der Waals surface area contributed by atoms with Crippen LogP contribution in [0.4, 0.5) is 5.69 Å². The molecule has 0 fully saturated rings. The van der Waals surface area contributed by atoms with Gasteiger partial charge in [0.15, 0.2) is 0 Å². The Balaban J connectivity index is 2.05. The second-order valence-corrected chi connectivity index (χ2v) is 11.2. The number of ether oxygens (including phenoxy) is 1. The Bertz CT molecular complexity index is 1360. The minimum atomic E-state index is -4.13. The van der Waals surface area contributed by atoms with Gasteiger partial charge in [-0.3, -0.25) is 13.9 Å². The van der Waals surface area contributed by atoms with E-state index in [4.69, 9.17) is 4.74 Å². The molecule has 10 heteroatoms. The number of carbonyl (C=O) groups excluding carboxylic acids is 2. The van der Waals surface area contributed by atoms with Gasteiger partial charge >= 0.3 is 0 Å². The number of nitrogens with one attached hydrogen (secondary N) is 1. The number of anilines is 1. The van der Waals surface area contributed by atoms with Gasteiger partial charge in [0.2, 0.25) is 11.8 Å². The fraction of sp³-hybridized carbons (Fsp3) is 0.259. The molecule has 0 bridgehead atoms. The largest absolute Gasteiger partial charge is 0.497 e. The van der Waals surface area contributed by atoms with Gasteiger partial charge in [-0.2, -0.15) is 0 Å². The van der Waals surface area contributed by atoms with Gasteiger partial charge in [-0.25, -0.2) is 8.42 Å². The maximum Gasteiger partial charge on any atom is 0.264 e. The molecular formula is C27H30BrN3O5S. The van der Waals surface area contributed by atoms with Gasteiger partial charge in [-0.05, 0) is 55.8 Å². The molecule has 3 rings (SSSR count). The highest BCUT2D eigenvalue weighted by molar-refractivity contribution is 9.10. The van der Waals surface area contributed by atoms with E-state index in [1.165, 1.54) is 31.2 Å². The lowest BCUT2D eigenvalue weighted by Crippen LogP contribution is -2.50. The monoisotopic (exact) mass is 587 g/mol. The Morgan fingerprint density at radius 3 is 2.32 bits per heavy atom. The number of aryl methyl sites for hydroxylation is 1. The highest BCUT2D eigenvalue weighted by atomic mass is 79.9. The van der Waals surface area contributed by atoms with E-state index in [-0.39, 0.29) is 23.0 Å². The average Bonchev–Trinajstić information content (AvgIpc) is 2.89. The molecule has 0 radical (unpaired) electrons. The first kappa shape index (κ1) is 28.2. The number of benzene rings is 3. The van der Waals surface area contributed by atoms with Crippen LogP contribution in [0.15, 0.2) is 82.2 Å². The summed E-state index contributed by atoms with van der Waals surface area (Å²) in [6.45, 7) is 3.07. The number of nitrogens with zero attached hydrogens (tertiary/aromatic N) is 2. The molecule has 0 aliphatic heterocycles. The molecule has 0 aliphatic rings. The smallest absolute Gasteiger partial charge is 0.264 e. The first-order valence-corrected chi connectivity index (χ1v) is 13.8. The minimum Gasteiger partial charge on any atom is -0.497 e. The summed E-state index contributed by atoms with van der Waals surface area (Å²) in [5.41, 5.74) is 1.96. The summed E-state index contributed by atoms with van der Waals surface area (Å²) in [4.78, 5) is 27.7. The van der Waals surface area contributed by atoms with E-state index in [0.29, 0.717) is 5.75 Å². The Morgan fingerprint density at radius 1 is 1.03 bits per heavy atom. The van der Waals surface area contributed by atoms with Crippen LogP contribution in [0, 0.1) is 6.92 Å². The molecule has 3 aromatic rings. The molecule has 8 nitrogen and oxygen atoms in total. The van der Waals surface area contributed by atoms with Crippen LogP contribution >= 0.6 is 15.9 Å². The van der Waals surface area contributed by atoms with Gasteiger partial charge in [0, 0.05) is 24.1 Å². The third-order valence-electron chi connectivity index (χ3n) is 5.88. The van der Waals surface area contributed by atoms with Crippen molar-refractivity contribution in [1.82, 2.24) is 10.2 Å². The fourth-order valence-corrected chi connectivity index (χ4v) is 5.61. The van der Waals surface area contributed by atoms with Crippen molar-refractivity contribution in [1.29, 1.82) is 0 Å². The molecule has 0 saturated carbocycles. The van der Waals surface area contributed by atoms with Crippen LogP contribution in [0.25, 0.3) is 0 Å². The normalized spacial score (nSPS) is 11.9. The summed E-state index contributed by atoms with van der Waals surface area (Å²) in [5.74, 6) is -0.453. The van der Waals surface area contributed by atoms with Crippen LogP contribution in [0.1, 0.15) is 18.1 Å².